The Labute approximate surface area is 101 Å². The van der Waals surface area contributed by atoms with E-state index in [4.69, 9.17) is 4.74 Å². The van der Waals surface area contributed by atoms with Crippen molar-refractivity contribution in [3.05, 3.63) is 0 Å². The maximum Gasteiger partial charge on any atom is 0.0500 e. The van der Waals surface area contributed by atoms with Gasteiger partial charge >= 0.3 is 0 Å². The van der Waals surface area contributed by atoms with Gasteiger partial charge in [-0.25, -0.2) is 0 Å². The first-order valence-electron chi connectivity index (χ1n) is 6.59. The molecule has 0 aromatic rings. The van der Waals surface area contributed by atoms with E-state index in [0.717, 1.165) is 6.61 Å². The third-order valence-electron chi connectivity index (χ3n) is 3.35. The van der Waals surface area contributed by atoms with Crippen LogP contribution in [0.1, 0.15) is 33.6 Å². The Morgan fingerprint density at radius 3 is 2.31 bits per heavy atom. The third-order valence-corrected chi connectivity index (χ3v) is 3.35. The molecule has 0 aromatic carbocycles. The van der Waals surface area contributed by atoms with Crippen molar-refractivity contribution in [2.45, 2.75) is 45.7 Å². The number of ether oxygens (including phenoxy) is 1. The van der Waals surface area contributed by atoms with E-state index in [0.29, 0.717) is 18.0 Å². The summed E-state index contributed by atoms with van der Waals surface area (Å²) >= 11 is 0. The van der Waals surface area contributed by atoms with Crippen molar-refractivity contribution < 1.29 is 4.74 Å². The van der Waals surface area contributed by atoms with Gasteiger partial charge in [-0.1, -0.05) is 6.92 Å². The quantitative estimate of drug-likeness (QED) is 0.793. The molecular formula is C13H28N2O. The molecule has 3 heteroatoms. The SMILES string of the molecule is COCC(C)CN1CCC(C)NC(C)CC1. The fourth-order valence-corrected chi connectivity index (χ4v) is 2.48. The first kappa shape index (κ1) is 13.9. The Morgan fingerprint density at radius 2 is 1.81 bits per heavy atom. The van der Waals surface area contributed by atoms with Crippen molar-refractivity contribution in [2.75, 3.05) is 33.4 Å². The summed E-state index contributed by atoms with van der Waals surface area (Å²) in [5, 5.41) is 3.63. The molecule has 0 aromatic heterocycles. The molecule has 3 unspecified atom stereocenters. The highest BCUT2D eigenvalue weighted by Gasteiger charge is 2.17. The van der Waals surface area contributed by atoms with Crippen LogP contribution in [0.15, 0.2) is 0 Å². The first-order chi connectivity index (χ1) is 7.61. The average Bonchev–Trinajstić information content (AvgIpc) is 2.20. The van der Waals surface area contributed by atoms with Gasteiger partial charge in [-0.2, -0.15) is 0 Å². The lowest BCUT2D eigenvalue weighted by Crippen LogP contribution is -2.44. The zero-order valence-corrected chi connectivity index (χ0v) is 11.3. The Balaban J connectivity index is 2.34. The molecule has 0 spiro atoms. The maximum absolute atomic E-state index is 5.20. The third kappa shape index (κ3) is 5.28. The fraction of sp³-hybridized carbons (Fsp3) is 1.00. The zero-order chi connectivity index (χ0) is 12.0. The summed E-state index contributed by atoms with van der Waals surface area (Å²) in [5.41, 5.74) is 0. The predicted molar refractivity (Wildman–Crippen MR) is 68.8 cm³/mol. The lowest BCUT2D eigenvalue weighted by atomic mass is 10.1. The lowest BCUT2D eigenvalue weighted by Gasteiger charge is -2.32. The lowest BCUT2D eigenvalue weighted by molar-refractivity contribution is 0.121. The highest BCUT2D eigenvalue weighted by atomic mass is 16.5. The summed E-state index contributed by atoms with van der Waals surface area (Å²) in [4.78, 5) is 2.59. The highest BCUT2D eigenvalue weighted by molar-refractivity contribution is 4.75. The van der Waals surface area contributed by atoms with Gasteiger partial charge in [0.05, 0.1) is 0 Å². The van der Waals surface area contributed by atoms with Crippen LogP contribution < -0.4 is 5.32 Å². The number of hydrogen-bond donors (Lipinski definition) is 1. The van der Waals surface area contributed by atoms with Gasteiger partial charge in [-0.05, 0) is 45.7 Å². The van der Waals surface area contributed by atoms with Gasteiger partial charge in [0.25, 0.3) is 0 Å². The fourth-order valence-electron chi connectivity index (χ4n) is 2.48. The Kier molecular flexibility index (Phi) is 6.32. The van der Waals surface area contributed by atoms with Crippen molar-refractivity contribution >= 4 is 0 Å². The molecular weight excluding hydrogens is 200 g/mol. The number of methoxy groups -OCH3 is 1. The summed E-state index contributed by atoms with van der Waals surface area (Å²) < 4.78 is 5.20. The molecule has 1 aliphatic heterocycles. The van der Waals surface area contributed by atoms with Crippen LogP contribution in [0.25, 0.3) is 0 Å². The molecule has 3 nitrogen and oxygen atoms in total. The van der Waals surface area contributed by atoms with Gasteiger partial charge < -0.3 is 15.0 Å². The molecule has 1 fully saturated rings. The smallest absolute Gasteiger partial charge is 0.0500 e. The van der Waals surface area contributed by atoms with E-state index in [1.165, 1.54) is 32.5 Å². The minimum Gasteiger partial charge on any atom is -0.384 e. The van der Waals surface area contributed by atoms with Gasteiger partial charge in [0, 0.05) is 32.3 Å². The second-order valence-electron chi connectivity index (χ2n) is 5.41. The maximum atomic E-state index is 5.20. The normalized spacial score (nSPS) is 30.8. The van der Waals surface area contributed by atoms with E-state index in [1.807, 2.05) is 0 Å². The predicted octanol–water partition coefficient (Wildman–Crippen LogP) is 1.73. The van der Waals surface area contributed by atoms with E-state index < -0.39 is 0 Å². The topological polar surface area (TPSA) is 24.5 Å². The van der Waals surface area contributed by atoms with E-state index in [-0.39, 0.29) is 0 Å². The van der Waals surface area contributed by atoms with E-state index >= 15 is 0 Å². The van der Waals surface area contributed by atoms with Crippen LogP contribution >= 0.6 is 0 Å². The van der Waals surface area contributed by atoms with Gasteiger partial charge in [0.2, 0.25) is 0 Å². The van der Waals surface area contributed by atoms with Crippen LogP contribution in [0.5, 0.6) is 0 Å². The Hall–Kier alpha value is -0.120. The zero-order valence-electron chi connectivity index (χ0n) is 11.3. The molecule has 16 heavy (non-hydrogen) atoms. The minimum absolute atomic E-state index is 0.642. The van der Waals surface area contributed by atoms with E-state index in [9.17, 15) is 0 Å². The number of nitrogens with one attached hydrogen (secondary N) is 1. The molecule has 1 saturated heterocycles. The van der Waals surface area contributed by atoms with E-state index in [2.05, 4.69) is 31.0 Å². The molecule has 0 saturated carbocycles. The van der Waals surface area contributed by atoms with Gasteiger partial charge in [-0.15, -0.1) is 0 Å². The number of hydrogen-bond acceptors (Lipinski definition) is 3. The molecule has 0 radical (unpaired) electrons. The Morgan fingerprint density at radius 1 is 1.25 bits per heavy atom. The van der Waals surface area contributed by atoms with Crippen molar-refractivity contribution in [1.82, 2.24) is 10.2 Å². The van der Waals surface area contributed by atoms with Gasteiger partial charge in [-0.3, -0.25) is 0 Å². The summed E-state index contributed by atoms with van der Waals surface area (Å²) in [7, 11) is 1.79. The van der Waals surface area contributed by atoms with Crippen LogP contribution in [0, 0.1) is 5.92 Å². The molecule has 1 N–H and O–H groups in total. The van der Waals surface area contributed by atoms with Crippen LogP contribution in [-0.4, -0.2) is 50.3 Å². The van der Waals surface area contributed by atoms with Gasteiger partial charge in [0.15, 0.2) is 0 Å². The van der Waals surface area contributed by atoms with Crippen LogP contribution in [0.3, 0.4) is 0 Å². The summed E-state index contributed by atoms with van der Waals surface area (Å²) in [6.45, 7) is 11.3. The van der Waals surface area contributed by atoms with Crippen molar-refractivity contribution in [1.29, 1.82) is 0 Å². The molecule has 1 heterocycles. The summed E-state index contributed by atoms with van der Waals surface area (Å²) in [6.07, 6.45) is 2.51. The highest BCUT2D eigenvalue weighted by Crippen LogP contribution is 2.09. The monoisotopic (exact) mass is 228 g/mol. The second-order valence-corrected chi connectivity index (χ2v) is 5.41. The van der Waals surface area contributed by atoms with Gasteiger partial charge in [0.1, 0.15) is 0 Å². The van der Waals surface area contributed by atoms with Crippen molar-refractivity contribution in [3.8, 4) is 0 Å². The molecule has 0 bridgehead atoms. The van der Waals surface area contributed by atoms with E-state index in [1.54, 1.807) is 7.11 Å². The number of rotatable bonds is 4. The molecule has 1 rings (SSSR count). The molecule has 96 valence electrons. The minimum atomic E-state index is 0.642. The Bertz CT molecular complexity index is 175. The standard InChI is InChI=1S/C13H28N2O/c1-11(10-16-4)9-15-7-5-12(2)14-13(3)6-8-15/h11-14H,5-10H2,1-4H3. The van der Waals surface area contributed by atoms with Crippen molar-refractivity contribution in [3.63, 3.8) is 0 Å². The summed E-state index contributed by atoms with van der Waals surface area (Å²) in [5.74, 6) is 0.642. The largest absolute Gasteiger partial charge is 0.384 e. The average molecular weight is 228 g/mol. The van der Waals surface area contributed by atoms with Crippen LogP contribution in [0.2, 0.25) is 0 Å². The molecule has 0 amide bonds. The van der Waals surface area contributed by atoms with Crippen molar-refractivity contribution in [2.24, 2.45) is 5.92 Å². The molecule has 1 aliphatic rings. The molecule has 3 atom stereocenters. The van der Waals surface area contributed by atoms with Crippen LogP contribution in [0.4, 0.5) is 0 Å². The van der Waals surface area contributed by atoms with Crippen LogP contribution in [-0.2, 0) is 4.74 Å². The number of nitrogens with zero attached hydrogens (tertiary/aromatic N) is 1. The molecule has 0 aliphatic carbocycles. The summed E-state index contributed by atoms with van der Waals surface area (Å²) in [6, 6.07) is 1.30. The first-order valence-corrected chi connectivity index (χ1v) is 6.59. The second kappa shape index (κ2) is 7.25.